The van der Waals surface area contributed by atoms with Gasteiger partial charge in [-0.05, 0) is 57.3 Å². The molecule has 0 saturated heterocycles. The van der Waals surface area contributed by atoms with Crippen molar-refractivity contribution in [2.24, 2.45) is 0 Å². The van der Waals surface area contributed by atoms with Gasteiger partial charge in [0, 0.05) is 24.3 Å². The number of amides is 2. The molecule has 7 heteroatoms. The first-order valence-electron chi connectivity index (χ1n) is 8.68. The second-order valence-electron chi connectivity index (χ2n) is 5.97. The second-order valence-corrected chi connectivity index (χ2v) is 5.97. The van der Waals surface area contributed by atoms with Crippen molar-refractivity contribution in [2.75, 3.05) is 31.6 Å². The van der Waals surface area contributed by atoms with Gasteiger partial charge in [-0.25, -0.2) is 0 Å². The van der Waals surface area contributed by atoms with Crippen molar-refractivity contribution in [1.82, 2.24) is 15.8 Å². The maximum absolute atomic E-state index is 12.1. The van der Waals surface area contributed by atoms with Crippen LogP contribution in [0.25, 0.3) is 0 Å². The minimum atomic E-state index is -0.349. The number of nitrogens with one attached hydrogen (secondary N) is 2. The Balaban J connectivity index is 1.79. The first kappa shape index (κ1) is 19.5. The molecule has 0 saturated carbocycles. The predicted molar refractivity (Wildman–Crippen MR) is 101 cm³/mol. The average Bonchev–Trinajstić information content (AvgIpc) is 3.14. The van der Waals surface area contributed by atoms with Gasteiger partial charge in [0.25, 0.3) is 11.8 Å². The van der Waals surface area contributed by atoms with Crippen LogP contribution in [-0.4, -0.2) is 43.4 Å². The number of anilines is 1. The van der Waals surface area contributed by atoms with Crippen molar-refractivity contribution in [3.8, 4) is 0 Å². The Hall–Kier alpha value is -2.80. The van der Waals surface area contributed by atoms with E-state index in [1.165, 1.54) is 0 Å². The summed E-state index contributed by atoms with van der Waals surface area (Å²) in [5, 5.41) is 0. The molecule has 0 radical (unpaired) electrons. The molecular weight excluding hydrogens is 332 g/mol. The largest absolute Gasteiger partial charge is 0.468 e. The average molecular weight is 358 g/mol. The van der Waals surface area contributed by atoms with Crippen LogP contribution in [0.4, 0.5) is 5.69 Å². The number of hydrogen-bond acceptors (Lipinski definition) is 5. The zero-order chi connectivity index (χ0) is 18.9. The molecule has 2 amide bonds. The van der Waals surface area contributed by atoms with Crippen molar-refractivity contribution in [2.45, 2.75) is 20.4 Å². The summed E-state index contributed by atoms with van der Waals surface area (Å²) in [6.07, 6.45) is 1.59. The molecule has 2 aromatic rings. The van der Waals surface area contributed by atoms with Crippen molar-refractivity contribution < 1.29 is 14.0 Å². The summed E-state index contributed by atoms with van der Waals surface area (Å²) in [6.45, 7) is 6.64. The van der Waals surface area contributed by atoms with E-state index in [0.29, 0.717) is 12.1 Å². The van der Waals surface area contributed by atoms with E-state index in [-0.39, 0.29) is 18.4 Å². The van der Waals surface area contributed by atoms with Gasteiger partial charge >= 0.3 is 0 Å². The lowest BCUT2D eigenvalue weighted by Crippen LogP contribution is -2.45. The van der Waals surface area contributed by atoms with Gasteiger partial charge in [-0.2, -0.15) is 0 Å². The van der Waals surface area contributed by atoms with Crippen LogP contribution in [0.15, 0.2) is 47.1 Å². The van der Waals surface area contributed by atoms with E-state index in [2.05, 4.69) is 29.6 Å². The van der Waals surface area contributed by atoms with E-state index in [1.54, 1.807) is 36.4 Å². The third kappa shape index (κ3) is 5.63. The van der Waals surface area contributed by atoms with Crippen molar-refractivity contribution in [3.05, 3.63) is 54.0 Å². The molecule has 0 fully saturated rings. The zero-order valence-corrected chi connectivity index (χ0v) is 15.5. The monoisotopic (exact) mass is 358 g/mol. The lowest BCUT2D eigenvalue weighted by molar-refractivity contribution is -0.122. The number of rotatable bonds is 8. The number of carbonyl (C=O) groups excluding carboxylic acids is 2. The molecule has 2 rings (SSSR count). The van der Waals surface area contributed by atoms with Gasteiger partial charge in [0.1, 0.15) is 5.76 Å². The van der Waals surface area contributed by atoms with Gasteiger partial charge in [-0.3, -0.25) is 25.3 Å². The summed E-state index contributed by atoms with van der Waals surface area (Å²) in [6, 6.07) is 10.9. The van der Waals surface area contributed by atoms with Crippen molar-refractivity contribution in [1.29, 1.82) is 0 Å². The molecule has 0 bridgehead atoms. The minimum Gasteiger partial charge on any atom is -0.468 e. The molecule has 0 aliphatic rings. The van der Waals surface area contributed by atoms with Gasteiger partial charge < -0.3 is 9.32 Å². The van der Waals surface area contributed by atoms with Gasteiger partial charge in [-0.1, -0.05) is 0 Å². The Morgan fingerprint density at radius 2 is 1.73 bits per heavy atom. The number of hydrazine groups is 1. The lowest BCUT2D eigenvalue weighted by Gasteiger charge is -2.21. The summed E-state index contributed by atoms with van der Waals surface area (Å²) in [7, 11) is 1.80. The highest BCUT2D eigenvalue weighted by Crippen LogP contribution is 2.14. The molecular formula is C19H26N4O3. The van der Waals surface area contributed by atoms with E-state index in [4.69, 9.17) is 4.42 Å². The molecule has 0 atom stereocenters. The molecule has 7 nitrogen and oxygen atoms in total. The summed E-state index contributed by atoms with van der Waals surface area (Å²) >= 11 is 0. The molecule has 1 aromatic carbocycles. The summed E-state index contributed by atoms with van der Waals surface area (Å²) < 4.78 is 5.24. The normalized spacial score (nSPS) is 10.6. The Morgan fingerprint density at radius 1 is 1.04 bits per heavy atom. The van der Waals surface area contributed by atoms with Gasteiger partial charge in [0.2, 0.25) is 0 Å². The molecule has 140 valence electrons. The van der Waals surface area contributed by atoms with E-state index < -0.39 is 0 Å². The molecule has 2 N–H and O–H groups in total. The molecule has 1 aromatic heterocycles. The smallest absolute Gasteiger partial charge is 0.269 e. The molecule has 26 heavy (non-hydrogen) atoms. The van der Waals surface area contributed by atoms with E-state index in [9.17, 15) is 9.59 Å². The van der Waals surface area contributed by atoms with Crippen LogP contribution in [0.2, 0.25) is 0 Å². The van der Waals surface area contributed by atoms with Gasteiger partial charge in [0.05, 0.1) is 19.4 Å². The Labute approximate surface area is 153 Å². The highest BCUT2D eigenvalue weighted by molar-refractivity contribution is 5.95. The molecule has 0 unspecified atom stereocenters. The van der Waals surface area contributed by atoms with Crippen molar-refractivity contribution >= 4 is 17.5 Å². The van der Waals surface area contributed by atoms with Crippen LogP contribution in [0.5, 0.6) is 0 Å². The van der Waals surface area contributed by atoms with Gasteiger partial charge in [-0.15, -0.1) is 0 Å². The fraction of sp³-hybridized carbons (Fsp3) is 0.368. The molecule has 0 aliphatic heterocycles. The summed E-state index contributed by atoms with van der Waals surface area (Å²) in [5.41, 5.74) is 6.42. The first-order valence-corrected chi connectivity index (χ1v) is 8.68. The number of carbonyl (C=O) groups is 2. The third-order valence-corrected chi connectivity index (χ3v) is 3.99. The van der Waals surface area contributed by atoms with E-state index in [0.717, 1.165) is 24.5 Å². The highest BCUT2D eigenvalue weighted by atomic mass is 16.3. The first-order chi connectivity index (χ1) is 12.5. The van der Waals surface area contributed by atoms with Crippen LogP contribution >= 0.6 is 0 Å². The van der Waals surface area contributed by atoms with Crippen LogP contribution in [0.3, 0.4) is 0 Å². The minimum absolute atomic E-state index is 0.141. The third-order valence-electron chi connectivity index (χ3n) is 3.99. The topological polar surface area (TPSA) is 77.8 Å². The second kappa shape index (κ2) is 9.62. The predicted octanol–water partition coefficient (Wildman–Crippen LogP) is 2.02. The van der Waals surface area contributed by atoms with Crippen LogP contribution in [0.1, 0.15) is 30.0 Å². The maximum atomic E-state index is 12.1. The standard InChI is InChI=1S/C19H26N4O3/c1-4-23(5-2)16-10-8-15(9-11-16)19(25)21-20-18(24)14-22(3)13-17-7-6-12-26-17/h6-12H,4-5,13-14H2,1-3H3,(H,20,24)(H,21,25). The fourth-order valence-electron chi connectivity index (χ4n) is 2.62. The van der Waals surface area contributed by atoms with Crippen LogP contribution < -0.4 is 15.8 Å². The molecule has 0 aliphatic carbocycles. The lowest BCUT2D eigenvalue weighted by atomic mass is 10.2. The Morgan fingerprint density at radius 3 is 2.31 bits per heavy atom. The van der Waals surface area contributed by atoms with Crippen LogP contribution in [0, 0.1) is 0 Å². The highest BCUT2D eigenvalue weighted by Gasteiger charge is 2.11. The quantitative estimate of drug-likeness (QED) is 0.706. The zero-order valence-electron chi connectivity index (χ0n) is 15.5. The number of furan rings is 1. The summed E-state index contributed by atoms with van der Waals surface area (Å²) in [5.74, 6) is 0.128. The van der Waals surface area contributed by atoms with Crippen LogP contribution in [-0.2, 0) is 11.3 Å². The maximum Gasteiger partial charge on any atom is 0.269 e. The Kier molecular flexibility index (Phi) is 7.23. The van der Waals surface area contributed by atoms with E-state index in [1.807, 2.05) is 18.2 Å². The SMILES string of the molecule is CCN(CC)c1ccc(C(=O)NNC(=O)CN(C)Cc2ccco2)cc1. The number of nitrogens with zero attached hydrogens (tertiary/aromatic N) is 2. The fourth-order valence-corrected chi connectivity index (χ4v) is 2.62. The van der Waals surface area contributed by atoms with Crippen molar-refractivity contribution in [3.63, 3.8) is 0 Å². The van der Waals surface area contributed by atoms with E-state index >= 15 is 0 Å². The van der Waals surface area contributed by atoms with Gasteiger partial charge in [0.15, 0.2) is 0 Å². The number of benzene rings is 1. The number of likely N-dealkylation sites (N-methyl/N-ethyl adjacent to an activating group) is 1. The Bertz CT molecular complexity index is 694. The molecule has 0 spiro atoms. The number of hydrogen-bond donors (Lipinski definition) is 2. The summed E-state index contributed by atoms with van der Waals surface area (Å²) in [4.78, 5) is 28.1. The molecule has 1 heterocycles.